The Hall–Kier alpha value is -3.69. The van der Waals surface area contributed by atoms with Crippen LogP contribution in [0.25, 0.3) is 0 Å². The van der Waals surface area contributed by atoms with E-state index in [4.69, 9.17) is 9.47 Å². The first-order valence-corrected chi connectivity index (χ1v) is 9.00. The Balaban J connectivity index is 1.86. The molecule has 2 atom stereocenters. The van der Waals surface area contributed by atoms with Crippen molar-refractivity contribution in [3.8, 4) is 11.5 Å². The van der Waals surface area contributed by atoms with E-state index in [1.807, 2.05) is 6.92 Å². The number of pyridine rings is 1. The molecule has 152 valence electrons. The van der Waals surface area contributed by atoms with Crippen molar-refractivity contribution in [1.82, 2.24) is 4.98 Å². The lowest BCUT2D eigenvalue weighted by molar-refractivity contribution is -0.389. The summed E-state index contributed by atoms with van der Waals surface area (Å²) in [5, 5.41) is 13.8. The molecule has 0 spiro atoms. The molecule has 0 bridgehead atoms. The number of anilines is 2. The largest absolute Gasteiger partial charge is 0.494 e. The average Bonchev–Trinajstić information content (AvgIpc) is 2.69. The molecule has 0 fully saturated rings. The second-order valence-electron chi connectivity index (χ2n) is 6.34. The van der Waals surface area contributed by atoms with Crippen LogP contribution < -0.4 is 19.7 Å². The van der Waals surface area contributed by atoms with E-state index < -0.39 is 34.7 Å². The summed E-state index contributed by atoms with van der Waals surface area (Å²) in [7, 11) is 0. The summed E-state index contributed by atoms with van der Waals surface area (Å²) in [5.41, 5.74) is 0.520. The maximum absolute atomic E-state index is 12.8. The fourth-order valence-electron chi connectivity index (χ4n) is 2.87. The van der Waals surface area contributed by atoms with Crippen LogP contribution in [0, 0.1) is 10.1 Å². The van der Waals surface area contributed by atoms with Gasteiger partial charge in [-0.3, -0.25) is 14.5 Å². The van der Waals surface area contributed by atoms with E-state index in [0.717, 1.165) is 4.90 Å². The molecule has 0 radical (unpaired) electrons. The van der Waals surface area contributed by atoms with Gasteiger partial charge in [0.05, 0.1) is 6.61 Å². The third-order valence-electron chi connectivity index (χ3n) is 4.33. The minimum Gasteiger partial charge on any atom is -0.494 e. The molecule has 1 aromatic heterocycles. The van der Waals surface area contributed by atoms with Gasteiger partial charge in [-0.25, -0.2) is 0 Å². The smallest absolute Gasteiger partial charge is 0.366 e. The normalized spacial score (nSPS) is 16.4. The van der Waals surface area contributed by atoms with E-state index in [-0.39, 0.29) is 11.6 Å². The molecular weight excluding hydrogens is 380 g/mol. The van der Waals surface area contributed by atoms with Gasteiger partial charge in [0, 0.05) is 11.8 Å². The first-order valence-electron chi connectivity index (χ1n) is 9.00. The molecule has 1 aliphatic rings. The van der Waals surface area contributed by atoms with Crippen LogP contribution in [0.2, 0.25) is 0 Å². The van der Waals surface area contributed by atoms with Gasteiger partial charge in [-0.05, 0) is 61.0 Å². The summed E-state index contributed by atoms with van der Waals surface area (Å²) >= 11 is 0. The fourth-order valence-corrected chi connectivity index (χ4v) is 2.87. The molecule has 2 heterocycles. The van der Waals surface area contributed by atoms with Gasteiger partial charge in [-0.1, -0.05) is 0 Å². The van der Waals surface area contributed by atoms with Gasteiger partial charge < -0.3 is 24.9 Å². The molecule has 2 amide bonds. The zero-order valence-electron chi connectivity index (χ0n) is 16.1. The zero-order chi connectivity index (χ0) is 21.1. The van der Waals surface area contributed by atoms with Gasteiger partial charge in [-0.15, -0.1) is 0 Å². The second kappa shape index (κ2) is 8.13. The molecule has 1 aliphatic heterocycles. The lowest BCUT2D eigenvalue weighted by Crippen LogP contribution is -2.53. The van der Waals surface area contributed by atoms with E-state index in [0.29, 0.717) is 18.0 Å². The fraction of sp³-hybridized carbons (Fsp3) is 0.316. The number of ether oxygens (including phenoxy) is 2. The topological polar surface area (TPSA) is 124 Å². The molecule has 3 rings (SSSR count). The van der Waals surface area contributed by atoms with Crippen LogP contribution in [-0.2, 0) is 9.59 Å². The molecule has 10 nitrogen and oxygen atoms in total. The first kappa shape index (κ1) is 20.1. The van der Waals surface area contributed by atoms with Crippen LogP contribution in [0.3, 0.4) is 0 Å². The molecule has 0 saturated carbocycles. The average molecular weight is 400 g/mol. The van der Waals surface area contributed by atoms with Crippen LogP contribution in [0.5, 0.6) is 11.5 Å². The number of carbonyl (C=O) groups excluding carboxylic acids is 2. The number of hydrogen-bond donors (Lipinski definition) is 1. The lowest BCUT2D eigenvalue weighted by atomic mass is 10.1. The highest BCUT2D eigenvalue weighted by Crippen LogP contribution is 2.35. The van der Waals surface area contributed by atoms with Crippen molar-refractivity contribution in [3.05, 3.63) is 46.5 Å². The molecule has 1 N–H and O–H groups in total. The number of benzene rings is 1. The predicted molar refractivity (Wildman–Crippen MR) is 104 cm³/mol. The Bertz CT molecular complexity index is 946. The highest BCUT2D eigenvalue weighted by Gasteiger charge is 2.41. The van der Waals surface area contributed by atoms with Gasteiger partial charge in [0.25, 0.3) is 11.7 Å². The maximum Gasteiger partial charge on any atom is 0.366 e. The zero-order valence-corrected chi connectivity index (χ0v) is 16.1. The second-order valence-corrected chi connectivity index (χ2v) is 6.34. The molecule has 2 aromatic rings. The SMILES string of the molecule is CCOc1ccc(NC(=O)C(C)N2C(=O)C(C)Oc3ccc([N+](=O)[O-])nc32)cc1. The number of rotatable bonds is 6. The molecule has 29 heavy (non-hydrogen) atoms. The van der Waals surface area contributed by atoms with Crippen molar-refractivity contribution in [2.75, 3.05) is 16.8 Å². The Morgan fingerprint density at radius 1 is 1.34 bits per heavy atom. The molecule has 0 aliphatic carbocycles. The standard InChI is InChI=1S/C19H20N4O6/c1-4-28-14-7-5-13(6-8-14)20-18(24)11(2)22-17-15(29-12(3)19(22)25)9-10-16(21-17)23(26)27/h5-12H,4H2,1-3H3,(H,20,24). The minimum absolute atomic E-state index is 0.0587. The van der Waals surface area contributed by atoms with E-state index >= 15 is 0 Å². The van der Waals surface area contributed by atoms with Gasteiger partial charge >= 0.3 is 5.82 Å². The van der Waals surface area contributed by atoms with Crippen molar-refractivity contribution >= 4 is 29.1 Å². The number of carbonyl (C=O) groups is 2. The Kier molecular flexibility index (Phi) is 5.62. The minimum atomic E-state index is -0.978. The van der Waals surface area contributed by atoms with E-state index in [2.05, 4.69) is 10.3 Å². The highest BCUT2D eigenvalue weighted by atomic mass is 16.6. The van der Waals surface area contributed by atoms with Crippen LogP contribution >= 0.6 is 0 Å². The van der Waals surface area contributed by atoms with Gasteiger partial charge in [0.1, 0.15) is 11.8 Å². The Morgan fingerprint density at radius 2 is 2.03 bits per heavy atom. The third kappa shape index (κ3) is 4.10. The van der Waals surface area contributed by atoms with Crippen LogP contribution in [0.1, 0.15) is 20.8 Å². The Labute approximate surface area is 166 Å². The van der Waals surface area contributed by atoms with E-state index in [1.165, 1.54) is 26.0 Å². The van der Waals surface area contributed by atoms with Crippen LogP contribution in [0.4, 0.5) is 17.3 Å². The number of nitrogens with zero attached hydrogens (tertiary/aromatic N) is 3. The number of nitro groups is 1. The van der Waals surface area contributed by atoms with Gasteiger partial charge in [0.15, 0.2) is 11.9 Å². The first-order chi connectivity index (χ1) is 13.8. The van der Waals surface area contributed by atoms with Gasteiger partial charge in [-0.2, -0.15) is 0 Å². The summed E-state index contributed by atoms with van der Waals surface area (Å²) in [6.07, 6.45) is -0.855. The van der Waals surface area contributed by atoms with Crippen LogP contribution in [0.15, 0.2) is 36.4 Å². The third-order valence-corrected chi connectivity index (χ3v) is 4.33. The van der Waals surface area contributed by atoms with Crippen molar-refractivity contribution in [2.45, 2.75) is 32.9 Å². The maximum atomic E-state index is 12.8. The van der Waals surface area contributed by atoms with Crippen LogP contribution in [-0.4, -0.2) is 40.5 Å². The Morgan fingerprint density at radius 3 is 2.66 bits per heavy atom. The van der Waals surface area contributed by atoms with Gasteiger partial charge in [0.2, 0.25) is 5.91 Å². The molecule has 10 heteroatoms. The van der Waals surface area contributed by atoms with Crippen molar-refractivity contribution in [2.24, 2.45) is 0 Å². The predicted octanol–water partition coefficient (Wildman–Crippen LogP) is 2.53. The summed E-state index contributed by atoms with van der Waals surface area (Å²) in [6.45, 7) is 5.45. The molecule has 1 aromatic carbocycles. The summed E-state index contributed by atoms with van der Waals surface area (Å²) in [4.78, 5) is 40.9. The highest BCUT2D eigenvalue weighted by molar-refractivity contribution is 6.07. The van der Waals surface area contributed by atoms with Crippen molar-refractivity contribution in [3.63, 3.8) is 0 Å². The summed E-state index contributed by atoms with van der Waals surface area (Å²) in [6, 6.07) is 8.36. The summed E-state index contributed by atoms with van der Waals surface area (Å²) < 4.78 is 10.8. The number of amides is 2. The summed E-state index contributed by atoms with van der Waals surface area (Å²) in [5.74, 6) is -0.629. The molecule has 2 unspecified atom stereocenters. The van der Waals surface area contributed by atoms with E-state index in [9.17, 15) is 19.7 Å². The van der Waals surface area contributed by atoms with E-state index in [1.54, 1.807) is 24.3 Å². The quantitative estimate of drug-likeness (QED) is 0.583. The number of nitrogens with one attached hydrogen (secondary N) is 1. The number of aromatic nitrogens is 1. The monoisotopic (exact) mass is 400 g/mol. The van der Waals surface area contributed by atoms with Crippen molar-refractivity contribution < 1.29 is 24.0 Å². The number of fused-ring (bicyclic) bond motifs is 1. The van der Waals surface area contributed by atoms with Crippen molar-refractivity contribution in [1.29, 1.82) is 0 Å². The lowest BCUT2D eigenvalue weighted by Gasteiger charge is -2.32. The molecular formula is C19H20N4O6. The number of hydrogen-bond acceptors (Lipinski definition) is 7. The molecule has 0 saturated heterocycles.